The van der Waals surface area contributed by atoms with Crippen LogP contribution in [0.15, 0.2) is 11.0 Å². The number of ether oxygens (including phenoxy) is 3. The van der Waals surface area contributed by atoms with E-state index in [0.717, 1.165) is 0 Å². The second-order valence-corrected chi connectivity index (χ2v) is 6.57. The van der Waals surface area contributed by atoms with Crippen molar-refractivity contribution < 1.29 is 14.2 Å². The predicted molar refractivity (Wildman–Crippen MR) is 95.1 cm³/mol. The molecule has 1 aliphatic heterocycles. The van der Waals surface area contributed by atoms with Crippen LogP contribution >= 0.6 is 0 Å². The van der Waals surface area contributed by atoms with Crippen molar-refractivity contribution in [2.75, 3.05) is 12.3 Å². The fraction of sp³-hybridized carbons (Fsp3) is 0.667. The molecule has 1 fully saturated rings. The SMILES string of the molecule is CC#Cc1cn([C@H]2CC(OC(C)C)[C@@H](COC(C)C)O2)c(=O)nc1N. The van der Waals surface area contributed by atoms with E-state index in [1.54, 1.807) is 13.1 Å². The fourth-order valence-electron chi connectivity index (χ4n) is 2.72. The quantitative estimate of drug-likeness (QED) is 0.787. The zero-order valence-corrected chi connectivity index (χ0v) is 15.5. The Hall–Kier alpha value is -1.88. The van der Waals surface area contributed by atoms with Gasteiger partial charge >= 0.3 is 5.69 Å². The molecular weight excluding hydrogens is 322 g/mol. The highest BCUT2D eigenvalue weighted by Crippen LogP contribution is 2.31. The molecule has 3 atom stereocenters. The van der Waals surface area contributed by atoms with Crippen LogP contribution in [0.5, 0.6) is 0 Å². The zero-order chi connectivity index (χ0) is 18.6. The highest BCUT2D eigenvalue weighted by Gasteiger charge is 2.38. The maximum atomic E-state index is 12.3. The molecule has 2 N–H and O–H groups in total. The minimum Gasteiger partial charge on any atom is -0.382 e. The number of rotatable bonds is 6. The molecule has 2 heterocycles. The van der Waals surface area contributed by atoms with Crippen LogP contribution in [0.3, 0.4) is 0 Å². The third-order valence-electron chi connectivity index (χ3n) is 3.77. The molecule has 2 rings (SSSR count). The van der Waals surface area contributed by atoms with Gasteiger partial charge in [-0.3, -0.25) is 4.57 Å². The van der Waals surface area contributed by atoms with Gasteiger partial charge in [0.15, 0.2) is 0 Å². The van der Waals surface area contributed by atoms with Crippen LogP contribution in [-0.2, 0) is 14.2 Å². The monoisotopic (exact) mass is 349 g/mol. The second-order valence-electron chi connectivity index (χ2n) is 6.57. The summed E-state index contributed by atoms with van der Waals surface area (Å²) in [7, 11) is 0. The minimum absolute atomic E-state index is 0.0525. The Kier molecular flexibility index (Phi) is 6.59. The average Bonchev–Trinajstić information content (AvgIpc) is 2.90. The molecule has 25 heavy (non-hydrogen) atoms. The summed E-state index contributed by atoms with van der Waals surface area (Å²) in [6, 6.07) is 0. The summed E-state index contributed by atoms with van der Waals surface area (Å²) in [5, 5.41) is 0. The van der Waals surface area contributed by atoms with Crippen LogP contribution in [0.2, 0.25) is 0 Å². The molecule has 7 heteroatoms. The van der Waals surface area contributed by atoms with Gasteiger partial charge in [0, 0.05) is 12.6 Å². The predicted octanol–water partition coefficient (Wildman–Crippen LogP) is 1.70. The van der Waals surface area contributed by atoms with Gasteiger partial charge in [-0.25, -0.2) is 4.79 Å². The summed E-state index contributed by atoms with van der Waals surface area (Å²) in [5.74, 6) is 5.75. The molecule has 0 spiro atoms. The van der Waals surface area contributed by atoms with Gasteiger partial charge in [0.05, 0.1) is 30.5 Å². The Bertz CT molecular complexity index is 702. The zero-order valence-electron chi connectivity index (χ0n) is 15.5. The van der Waals surface area contributed by atoms with Crippen LogP contribution in [0.1, 0.15) is 52.8 Å². The molecule has 1 saturated heterocycles. The van der Waals surface area contributed by atoms with Crippen molar-refractivity contribution in [2.24, 2.45) is 0 Å². The highest BCUT2D eigenvalue weighted by atomic mass is 16.6. The van der Waals surface area contributed by atoms with Crippen molar-refractivity contribution in [3.8, 4) is 11.8 Å². The highest BCUT2D eigenvalue weighted by molar-refractivity contribution is 5.48. The van der Waals surface area contributed by atoms with Gasteiger partial charge in [-0.2, -0.15) is 4.98 Å². The van der Waals surface area contributed by atoms with E-state index in [1.807, 2.05) is 27.7 Å². The van der Waals surface area contributed by atoms with Crippen LogP contribution in [0, 0.1) is 11.8 Å². The third-order valence-corrected chi connectivity index (χ3v) is 3.77. The summed E-state index contributed by atoms with van der Waals surface area (Å²) < 4.78 is 19.1. The Labute approximate surface area is 148 Å². The van der Waals surface area contributed by atoms with Crippen LogP contribution in [0.4, 0.5) is 5.82 Å². The largest absolute Gasteiger partial charge is 0.382 e. The van der Waals surface area contributed by atoms with Crippen molar-refractivity contribution in [1.82, 2.24) is 9.55 Å². The summed E-state index contributed by atoms with van der Waals surface area (Å²) in [4.78, 5) is 16.1. The van der Waals surface area contributed by atoms with Gasteiger partial charge in [-0.1, -0.05) is 5.92 Å². The molecule has 0 bridgehead atoms. The Balaban J connectivity index is 2.25. The molecular formula is C18H27N3O4. The molecule has 0 saturated carbocycles. The Morgan fingerprint density at radius 3 is 2.72 bits per heavy atom. The van der Waals surface area contributed by atoms with Crippen molar-refractivity contribution in [2.45, 2.75) is 71.7 Å². The summed E-state index contributed by atoms with van der Waals surface area (Å²) >= 11 is 0. The van der Waals surface area contributed by atoms with Crippen LogP contribution in [0.25, 0.3) is 0 Å². The summed E-state index contributed by atoms with van der Waals surface area (Å²) in [5.41, 5.74) is 5.81. The first kappa shape index (κ1) is 19.4. The van der Waals surface area contributed by atoms with Crippen LogP contribution < -0.4 is 11.4 Å². The topological polar surface area (TPSA) is 88.6 Å². The Morgan fingerprint density at radius 1 is 1.40 bits per heavy atom. The molecule has 138 valence electrons. The van der Waals surface area contributed by atoms with Gasteiger partial charge in [0.25, 0.3) is 0 Å². The molecule has 1 aliphatic rings. The van der Waals surface area contributed by atoms with Gasteiger partial charge < -0.3 is 19.9 Å². The fourth-order valence-corrected chi connectivity index (χ4v) is 2.72. The number of aromatic nitrogens is 2. The van der Waals surface area contributed by atoms with Crippen molar-refractivity contribution in [3.05, 3.63) is 22.2 Å². The maximum Gasteiger partial charge on any atom is 0.351 e. The van der Waals surface area contributed by atoms with E-state index < -0.39 is 11.9 Å². The second kappa shape index (κ2) is 8.48. The summed E-state index contributed by atoms with van der Waals surface area (Å²) in [6.45, 7) is 9.99. The average molecular weight is 349 g/mol. The van der Waals surface area contributed by atoms with E-state index >= 15 is 0 Å². The van der Waals surface area contributed by atoms with Gasteiger partial charge in [-0.15, -0.1) is 5.92 Å². The molecule has 0 aliphatic carbocycles. The molecule has 1 aromatic rings. The van der Waals surface area contributed by atoms with E-state index in [-0.39, 0.29) is 30.2 Å². The molecule has 1 aromatic heterocycles. The first-order chi connectivity index (χ1) is 11.8. The molecule has 1 unspecified atom stereocenters. The standard InChI is InChI=1S/C18H27N3O4/c1-6-7-13-9-21(18(22)20-17(13)19)16-8-14(24-12(4)5)15(25-16)10-23-11(2)3/h9,11-12,14-16H,8,10H2,1-5H3,(H2,19,20,22)/t14?,15-,16-/m1/s1. The number of nitrogens with zero attached hydrogens (tertiary/aromatic N) is 2. The van der Waals surface area contributed by atoms with Gasteiger partial charge in [-0.05, 0) is 34.6 Å². The lowest BCUT2D eigenvalue weighted by atomic mass is 10.1. The lowest BCUT2D eigenvalue weighted by molar-refractivity contribution is -0.0963. The number of hydrogen-bond donors (Lipinski definition) is 1. The van der Waals surface area contributed by atoms with Crippen molar-refractivity contribution >= 4 is 5.82 Å². The normalized spacial score (nSPS) is 23.1. The third kappa shape index (κ3) is 5.05. The first-order valence-electron chi connectivity index (χ1n) is 8.55. The number of hydrogen-bond acceptors (Lipinski definition) is 6. The lowest BCUT2D eigenvalue weighted by Crippen LogP contribution is -2.32. The van der Waals surface area contributed by atoms with E-state index in [0.29, 0.717) is 18.6 Å². The van der Waals surface area contributed by atoms with E-state index in [4.69, 9.17) is 19.9 Å². The Morgan fingerprint density at radius 2 is 2.12 bits per heavy atom. The maximum absolute atomic E-state index is 12.3. The van der Waals surface area contributed by atoms with Crippen LogP contribution in [-0.4, -0.2) is 40.6 Å². The minimum atomic E-state index is -0.484. The number of nitrogens with two attached hydrogens (primary N) is 1. The number of anilines is 1. The van der Waals surface area contributed by atoms with Gasteiger partial charge in [0.2, 0.25) is 0 Å². The molecule has 0 aromatic carbocycles. The summed E-state index contributed by atoms with van der Waals surface area (Å²) in [6.07, 6.45) is 1.39. The molecule has 7 nitrogen and oxygen atoms in total. The molecule has 0 radical (unpaired) electrons. The van der Waals surface area contributed by atoms with E-state index in [1.165, 1.54) is 4.57 Å². The van der Waals surface area contributed by atoms with Crippen molar-refractivity contribution in [1.29, 1.82) is 0 Å². The van der Waals surface area contributed by atoms with E-state index in [9.17, 15) is 4.79 Å². The number of nitrogen functional groups attached to an aromatic ring is 1. The molecule has 0 amide bonds. The van der Waals surface area contributed by atoms with Gasteiger partial charge in [0.1, 0.15) is 18.1 Å². The lowest BCUT2D eigenvalue weighted by Gasteiger charge is -2.21. The van der Waals surface area contributed by atoms with Crippen molar-refractivity contribution in [3.63, 3.8) is 0 Å². The van der Waals surface area contributed by atoms with E-state index in [2.05, 4.69) is 16.8 Å². The first-order valence-corrected chi connectivity index (χ1v) is 8.55. The smallest absolute Gasteiger partial charge is 0.351 e.